The van der Waals surface area contributed by atoms with E-state index in [-0.39, 0.29) is 22.6 Å². The van der Waals surface area contributed by atoms with Crippen molar-refractivity contribution in [2.75, 3.05) is 65.4 Å². The predicted octanol–water partition coefficient (Wildman–Crippen LogP) is 4.25. The van der Waals surface area contributed by atoms with Crippen LogP contribution in [0.5, 0.6) is 11.5 Å². The van der Waals surface area contributed by atoms with E-state index in [9.17, 15) is 9.59 Å². The minimum Gasteiger partial charge on any atom is -0.451 e. The number of pyridine rings is 1. The number of anilines is 1. The second kappa shape index (κ2) is 9.98. The van der Waals surface area contributed by atoms with Gasteiger partial charge in [-0.1, -0.05) is 24.3 Å². The van der Waals surface area contributed by atoms with E-state index in [1.54, 1.807) is 11.1 Å². The van der Waals surface area contributed by atoms with Crippen LogP contribution in [-0.4, -0.2) is 80.8 Å². The zero-order valence-corrected chi connectivity index (χ0v) is 22.4. The second-order valence-corrected chi connectivity index (χ2v) is 10.4. The van der Waals surface area contributed by atoms with Gasteiger partial charge in [-0.25, -0.2) is 4.39 Å². The summed E-state index contributed by atoms with van der Waals surface area (Å²) in [5, 5.41) is 2.07. The van der Waals surface area contributed by atoms with Gasteiger partial charge in [-0.05, 0) is 56.0 Å². The fraction of sp³-hybridized carbons (Fsp3) is 0.333. The molecular weight excluding hydrogens is 499 g/mol. The lowest BCUT2D eigenvalue weighted by Crippen LogP contribution is -2.42. The number of amides is 1. The molecule has 4 aromatic rings. The molecule has 202 valence electrons. The number of halogens is 1. The number of benzene rings is 3. The van der Waals surface area contributed by atoms with Crippen LogP contribution in [0, 0.1) is 5.82 Å². The average Bonchev–Trinajstić information content (AvgIpc) is 2.93. The Hall–Kier alpha value is -3.95. The molecule has 0 N–H and O–H groups in total. The zero-order chi connectivity index (χ0) is 27.3. The smallest absolute Gasteiger partial charge is 0.259 e. The van der Waals surface area contributed by atoms with Gasteiger partial charge in [-0.15, -0.1) is 0 Å². The molecule has 0 unspecified atom stereocenters. The Morgan fingerprint density at radius 3 is 2.46 bits per heavy atom. The molecule has 1 aromatic heterocycles. The summed E-state index contributed by atoms with van der Waals surface area (Å²) in [6, 6.07) is 13.0. The first-order valence-electron chi connectivity index (χ1n) is 13.2. The maximum atomic E-state index is 15.9. The Morgan fingerprint density at radius 1 is 1.03 bits per heavy atom. The predicted molar refractivity (Wildman–Crippen MR) is 150 cm³/mol. The standard InChI is InChI=1S/C30H31FN4O4/c1-32(2)9-6-10-33(3)27-23(31)17-21-26-29(27)39-25-16-20-8-5-4-7-19(20)15-24(25)35(26)18-22(28(21)36)30(37)34-11-13-38-14-12-34/h4-5,7-8,15-18H,6,9-14H2,1-3H3. The van der Waals surface area contributed by atoms with Gasteiger partial charge < -0.3 is 28.7 Å². The summed E-state index contributed by atoms with van der Waals surface area (Å²) < 4.78 is 29.5. The van der Waals surface area contributed by atoms with Crippen molar-refractivity contribution in [1.29, 1.82) is 0 Å². The number of carbonyl (C=O) groups is 1. The molecule has 1 saturated heterocycles. The highest BCUT2D eigenvalue weighted by Gasteiger charge is 2.31. The first-order chi connectivity index (χ1) is 18.8. The Morgan fingerprint density at radius 2 is 1.74 bits per heavy atom. The summed E-state index contributed by atoms with van der Waals surface area (Å²) in [6.45, 7) is 3.08. The van der Waals surface area contributed by atoms with E-state index in [1.807, 2.05) is 67.0 Å². The highest BCUT2D eigenvalue weighted by molar-refractivity contribution is 6.02. The molecule has 9 heteroatoms. The number of hydrogen-bond acceptors (Lipinski definition) is 6. The number of aromatic nitrogens is 1. The van der Waals surface area contributed by atoms with E-state index in [2.05, 4.69) is 4.90 Å². The molecule has 39 heavy (non-hydrogen) atoms. The molecule has 1 fully saturated rings. The Labute approximate surface area is 225 Å². The Balaban J connectivity index is 1.59. The Kier molecular flexibility index (Phi) is 6.48. The van der Waals surface area contributed by atoms with Crippen LogP contribution < -0.4 is 15.1 Å². The normalized spacial score (nSPS) is 14.5. The molecule has 0 bridgehead atoms. The molecule has 0 saturated carbocycles. The number of ether oxygens (including phenoxy) is 2. The van der Waals surface area contributed by atoms with Crippen LogP contribution in [0.3, 0.4) is 0 Å². The highest BCUT2D eigenvalue weighted by Crippen LogP contribution is 2.47. The van der Waals surface area contributed by atoms with Gasteiger partial charge >= 0.3 is 0 Å². The summed E-state index contributed by atoms with van der Waals surface area (Å²) in [5.74, 6) is -0.129. The molecular formula is C30H31FN4O4. The van der Waals surface area contributed by atoms with E-state index in [0.717, 1.165) is 23.7 Å². The van der Waals surface area contributed by atoms with E-state index in [1.165, 1.54) is 6.07 Å². The lowest BCUT2D eigenvalue weighted by molar-refractivity contribution is 0.0302. The van der Waals surface area contributed by atoms with Gasteiger partial charge in [-0.3, -0.25) is 9.59 Å². The van der Waals surface area contributed by atoms with Gasteiger partial charge in [0.2, 0.25) is 5.43 Å². The number of nitrogens with zero attached hydrogens (tertiary/aromatic N) is 4. The van der Waals surface area contributed by atoms with Crippen LogP contribution in [0.4, 0.5) is 10.1 Å². The molecule has 8 nitrogen and oxygen atoms in total. The minimum absolute atomic E-state index is 0.00264. The topological polar surface area (TPSA) is 67.2 Å². The summed E-state index contributed by atoms with van der Waals surface area (Å²) in [6.07, 6.45) is 2.41. The molecule has 3 aromatic carbocycles. The van der Waals surface area contributed by atoms with Crippen molar-refractivity contribution in [2.24, 2.45) is 0 Å². The fourth-order valence-corrected chi connectivity index (χ4v) is 5.47. The fourth-order valence-electron chi connectivity index (χ4n) is 5.47. The third-order valence-electron chi connectivity index (χ3n) is 7.48. The van der Waals surface area contributed by atoms with Gasteiger partial charge in [0.15, 0.2) is 17.3 Å². The second-order valence-electron chi connectivity index (χ2n) is 10.4. The first kappa shape index (κ1) is 25.3. The average molecular weight is 531 g/mol. The molecule has 0 spiro atoms. The van der Waals surface area contributed by atoms with Crippen molar-refractivity contribution >= 4 is 33.3 Å². The molecule has 0 atom stereocenters. The quantitative estimate of drug-likeness (QED) is 0.327. The van der Waals surface area contributed by atoms with Crippen molar-refractivity contribution in [3.8, 4) is 17.2 Å². The third kappa shape index (κ3) is 4.41. The summed E-state index contributed by atoms with van der Waals surface area (Å²) in [4.78, 5) is 32.8. The van der Waals surface area contributed by atoms with Gasteiger partial charge in [0.1, 0.15) is 16.8 Å². The van der Waals surface area contributed by atoms with Crippen LogP contribution in [0.1, 0.15) is 16.8 Å². The van der Waals surface area contributed by atoms with Crippen molar-refractivity contribution < 1.29 is 18.7 Å². The van der Waals surface area contributed by atoms with Crippen molar-refractivity contribution in [2.45, 2.75) is 6.42 Å². The molecule has 2 aliphatic heterocycles. The molecule has 0 radical (unpaired) electrons. The molecule has 0 aliphatic carbocycles. The maximum absolute atomic E-state index is 15.9. The Bertz CT molecular complexity index is 1660. The first-order valence-corrected chi connectivity index (χ1v) is 13.2. The van der Waals surface area contributed by atoms with Crippen molar-refractivity contribution in [3.05, 3.63) is 70.3 Å². The molecule has 2 aliphatic rings. The van der Waals surface area contributed by atoms with Gasteiger partial charge in [0, 0.05) is 32.9 Å². The third-order valence-corrected chi connectivity index (χ3v) is 7.48. The summed E-state index contributed by atoms with van der Waals surface area (Å²) >= 11 is 0. The highest BCUT2D eigenvalue weighted by atomic mass is 19.1. The summed E-state index contributed by atoms with van der Waals surface area (Å²) in [5.41, 5.74) is 0.933. The van der Waals surface area contributed by atoms with Crippen LogP contribution in [0.2, 0.25) is 0 Å². The minimum atomic E-state index is -0.561. The largest absolute Gasteiger partial charge is 0.451 e. The van der Waals surface area contributed by atoms with Crippen molar-refractivity contribution in [3.63, 3.8) is 0 Å². The van der Waals surface area contributed by atoms with E-state index in [0.29, 0.717) is 55.5 Å². The molecule has 1 amide bonds. The van der Waals surface area contributed by atoms with Crippen LogP contribution in [-0.2, 0) is 4.74 Å². The number of fused-ring (bicyclic) bond motifs is 3. The number of morpholine rings is 1. The molecule has 3 heterocycles. The number of carbonyl (C=O) groups excluding carboxylic acids is 1. The van der Waals surface area contributed by atoms with E-state index in [4.69, 9.17) is 9.47 Å². The van der Waals surface area contributed by atoms with Gasteiger partial charge in [-0.2, -0.15) is 0 Å². The van der Waals surface area contributed by atoms with Crippen molar-refractivity contribution in [1.82, 2.24) is 14.4 Å². The number of rotatable bonds is 6. The SMILES string of the molecule is CN(C)CCCN(C)c1c(F)cc2c(=O)c(C(=O)N3CCOCC3)cn3c2c1Oc1cc2ccccc2cc1-3. The van der Waals surface area contributed by atoms with Crippen LogP contribution >= 0.6 is 0 Å². The monoisotopic (exact) mass is 530 g/mol. The van der Waals surface area contributed by atoms with E-state index < -0.39 is 11.2 Å². The zero-order valence-electron chi connectivity index (χ0n) is 22.4. The maximum Gasteiger partial charge on any atom is 0.259 e. The lowest BCUT2D eigenvalue weighted by Gasteiger charge is -2.30. The van der Waals surface area contributed by atoms with Crippen LogP contribution in [0.15, 0.2) is 53.5 Å². The van der Waals surface area contributed by atoms with Gasteiger partial charge in [0.25, 0.3) is 5.91 Å². The van der Waals surface area contributed by atoms with E-state index >= 15 is 4.39 Å². The van der Waals surface area contributed by atoms with Crippen LogP contribution in [0.25, 0.3) is 27.4 Å². The molecule has 6 rings (SSSR count). The number of hydrogen-bond donors (Lipinski definition) is 0. The van der Waals surface area contributed by atoms with Gasteiger partial charge in [0.05, 0.1) is 24.3 Å². The lowest BCUT2D eigenvalue weighted by atomic mass is 10.0. The summed E-state index contributed by atoms with van der Waals surface area (Å²) in [7, 11) is 5.83.